The van der Waals surface area contributed by atoms with Crippen molar-refractivity contribution in [3.63, 3.8) is 0 Å². The van der Waals surface area contributed by atoms with Crippen LogP contribution in [-0.2, 0) is 15.5 Å². The molecule has 1 aromatic rings. The van der Waals surface area contributed by atoms with Gasteiger partial charge in [0, 0.05) is 5.69 Å². The monoisotopic (exact) mass is 267 g/mol. The van der Waals surface area contributed by atoms with Crippen LogP contribution in [0.4, 0.5) is 18.9 Å². The second-order valence-corrected chi connectivity index (χ2v) is 4.83. The molecule has 0 heterocycles. The largest absolute Gasteiger partial charge is 0.411 e. The minimum absolute atomic E-state index is 0.282. The highest BCUT2D eigenvalue weighted by atomic mass is 32.2. The molecular formula is C10H12F3NO2S. The Morgan fingerprint density at radius 2 is 2.06 bits per heavy atom. The third-order valence-corrected chi connectivity index (χ3v) is 3.10. The maximum Gasteiger partial charge on any atom is 0.411 e. The predicted molar refractivity (Wildman–Crippen MR) is 58.9 cm³/mol. The van der Waals surface area contributed by atoms with E-state index in [-0.39, 0.29) is 5.69 Å². The number of nitrogen functional groups attached to an aromatic ring is 1. The SMILES string of the molecule is Cc1ccc(N)c(S(=O)COCC(F)(F)F)c1. The summed E-state index contributed by atoms with van der Waals surface area (Å²) in [5.74, 6) is -0.521. The Balaban J connectivity index is 2.61. The summed E-state index contributed by atoms with van der Waals surface area (Å²) in [6.45, 7) is 0.362. The van der Waals surface area contributed by atoms with E-state index < -0.39 is 29.5 Å². The first-order valence-electron chi connectivity index (χ1n) is 4.68. The normalized spacial score (nSPS) is 13.6. The van der Waals surface area contributed by atoms with Gasteiger partial charge in [-0.3, -0.25) is 4.21 Å². The van der Waals surface area contributed by atoms with Gasteiger partial charge in [0.2, 0.25) is 0 Å². The molecule has 3 nitrogen and oxygen atoms in total. The van der Waals surface area contributed by atoms with Crippen LogP contribution in [-0.4, -0.2) is 22.9 Å². The van der Waals surface area contributed by atoms with Crippen molar-refractivity contribution in [1.82, 2.24) is 0 Å². The molecule has 2 N–H and O–H groups in total. The zero-order valence-corrected chi connectivity index (χ0v) is 9.90. The molecule has 0 radical (unpaired) electrons. The second-order valence-electron chi connectivity index (χ2n) is 3.47. The second kappa shape index (κ2) is 5.50. The molecule has 0 aliphatic carbocycles. The minimum atomic E-state index is -4.41. The van der Waals surface area contributed by atoms with E-state index in [1.165, 1.54) is 0 Å². The van der Waals surface area contributed by atoms with Crippen LogP contribution < -0.4 is 5.73 Å². The molecular weight excluding hydrogens is 255 g/mol. The Hall–Kier alpha value is -1.08. The molecule has 0 fully saturated rings. The van der Waals surface area contributed by atoms with Gasteiger partial charge in [0.15, 0.2) is 0 Å². The maximum atomic E-state index is 11.8. The van der Waals surface area contributed by atoms with Crippen molar-refractivity contribution >= 4 is 16.5 Å². The predicted octanol–water partition coefficient (Wildman–Crippen LogP) is 2.22. The Labute approximate surface area is 99.2 Å². The molecule has 1 rings (SSSR count). The smallest absolute Gasteiger partial charge is 0.398 e. The molecule has 0 aliphatic heterocycles. The summed E-state index contributed by atoms with van der Waals surface area (Å²) in [5, 5.41) is 0. The van der Waals surface area contributed by atoms with E-state index in [1.54, 1.807) is 25.1 Å². The van der Waals surface area contributed by atoms with Gasteiger partial charge in [-0.25, -0.2) is 0 Å². The van der Waals surface area contributed by atoms with Crippen molar-refractivity contribution in [3.05, 3.63) is 23.8 Å². The molecule has 17 heavy (non-hydrogen) atoms. The number of anilines is 1. The molecule has 0 saturated carbocycles. The molecule has 1 unspecified atom stereocenters. The van der Waals surface area contributed by atoms with E-state index in [0.29, 0.717) is 4.90 Å². The fourth-order valence-corrected chi connectivity index (χ4v) is 2.15. The van der Waals surface area contributed by atoms with Gasteiger partial charge >= 0.3 is 6.18 Å². The summed E-state index contributed by atoms with van der Waals surface area (Å²) in [6, 6.07) is 4.86. The summed E-state index contributed by atoms with van der Waals surface area (Å²) in [4.78, 5) is 0.298. The van der Waals surface area contributed by atoms with E-state index in [0.717, 1.165) is 5.56 Å². The molecule has 0 saturated heterocycles. The third-order valence-electron chi connectivity index (χ3n) is 1.87. The zero-order valence-electron chi connectivity index (χ0n) is 9.08. The van der Waals surface area contributed by atoms with E-state index in [2.05, 4.69) is 4.74 Å². The van der Waals surface area contributed by atoms with Crippen molar-refractivity contribution in [1.29, 1.82) is 0 Å². The first-order valence-corrected chi connectivity index (χ1v) is 6.00. The fraction of sp³-hybridized carbons (Fsp3) is 0.400. The maximum absolute atomic E-state index is 11.8. The molecule has 0 aromatic heterocycles. The highest BCUT2D eigenvalue weighted by Crippen LogP contribution is 2.19. The zero-order chi connectivity index (χ0) is 13.1. The van der Waals surface area contributed by atoms with Gasteiger partial charge in [-0.15, -0.1) is 0 Å². The Morgan fingerprint density at radius 3 is 2.65 bits per heavy atom. The molecule has 1 aromatic carbocycles. The third kappa shape index (κ3) is 4.74. The van der Waals surface area contributed by atoms with Crippen molar-refractivity contribution in [2.24, 2.45) is 0 Å². The number of benzene rings is 1. The molecule has 0 spiro atoms. The van der Waals surface area contributed by atoms with Crippen LogP contribution in [0.3, 0.4) is 0 Å². The van der Waals surface area contributed by atoms with E-state index in [4.69, 9.17) is 5.73 Å². The summed E-state index contributed by atoms with van der Waals surface area (Å²) < 4.78 is 51.4. The average molecular weight is 267 g/mol. The number of hydrogen-bond donors (Lipinski definition) is 1. The first-order chi connectivity index (χ1) is 7.79. The van der Waals surface area contributed by atoms with Crippen LogP contribution in [0.15, 0.2) is 23.1 Å². The number of halogens is 3. The van der Waals surface area contributed by atoms with Gasteiger partial charge in [-0.2, -0.15) is 13.2 Å². The first kappa shape index (κ1) is 14.0. The number of rotatable bonds is 4. The summed E-state index contributed by atoms with van der Waals surface area (Å²) >= 11 is 0. The van der Waals surface area contributed by atoms with Crippen molar-refractivity contribution in [3.8, 4) is 0 Å². The Kier molecular flexibility index (Phi) is 4.53. The number of hydrogen-bond acceptors (Lipinski definition) is 3. The molecule has 0 amide bonds. The van der Waals surface area contributed by atoms with Crippen LogP contribution in [0.2, 0.25) is 0 Å². The Morgan fingerprint density at radius 1 is 1.41 bits per heavy atom. The lowest BCUT2D eigenvalue weighted by atomic mass is 10.2. The Bertz CT molecular complexity index is 421. The van der Waals surface area contributed by atoms with Crippen LogP contribution in [0.5, 0.6) is 0 Å². The van der Waals surface area contributed by atoms with Gasteiger partial charge in [-0.05, 0) is 24.6 Å². The average Bonchev–Trinajstić information content (AvgIpc) is 2.19. The van der Waals surface area contributed by atoms with Crippen molar-refractivity contribution in [2.75, 3.05) is 18.3 Å². The molecule has 0 aliphatic rings. The number of alkyl halides is 3. The number of nitrogens with two attached hydrogens (primary N) is 1. The summed E-state index contributed by atoms with van der Waals surface area (Å²) in [5.41, 5.74) is 6.69. The van der Waals surface area contributed by atoms with Crippen LogP contribution in [0.1, 0.15) is 5.56 Å². The molecule has 0 bridgehead atoms. The van der Waals surface area contributed by atoms with E-state index in [1.807, 2.05) is 0 Å². The number of aryl methyl sites for hydroxylation is 1. The van der Waals surface area contributed by atoms with Crippen molar-refractivity contribution < 1.29 is 22.1 Å². The molecule has 7 heteroatoms. The van der Waals surface area contributed by atoms with Crippen LogP contribution in [0, 0.1) is 6.92 Å². The topological polar surface area (TPSA) is 52.3 Å². The van der Waals surface area contributed by atoms with Crippen LogP contribution in [0.25, 0.3) is 0 Å². The van der Waals surface area contributed by atoms with Gasteiger partial charge in [0.1, 0.15) is 12.5 Å². The number of ether oxygens (including phenoxy) is 1. The lowest BCUT2D eigenvalue weighted by Crippen LogP contribution is -2.19. The standard InChI is InChI=1S/C10H12F3NO2S/c1-7-2-3-8(14)9(4-7)17(15)6-16-5-10(11,12)13/h2-4H,5-6,14H2,1H3. The van der Waals surface area contributed by atoms with Crippen molar-refractivity contribution in [2.45, 2.75) is 18.0 Å². The molecule has 1 atom stereocenters. The lowest BCUT2D eigenvalue weighted by Gasteiger charge is -2.09. The summed E-state index contributed by atoms with van der Waals surface area (Å²) in [6.07, 6.45) is -4.41. The molecule has 96 valence electrons. The van der Waals surface area contributed by atoms with Gasteiger partial charge in [0.25, 0.3) is 0 Å². The van der Waals surface area contributed by atoms with E-state index >= 15 is 0 Å². The summed E-state index contributed by atoms with van der Waals surface area (Å²) in [7, 11) is -1.69. The highest BCUT2D eigenvalue weighted by molar-refractivity contribution is 7.85. The fourth-order valence-electron chi connectivity index (χ4n) is 1.14. The van der Waals surface area contributed by atoms with Crippen LogP contribution >= 0.6 is 0 Å². The minimum Gasteiger partial charge on any atom is -0.398 e. The van der Waals surface area contributed by atoms with Gasteiger partial charge in [-0.1, -0.05) is 6.07 Å². The quantitative estimate of drug-likeness (QED) is 0.851. The lowest BCUT2D eigenvalue weighted by molar-refractivity contribution is -0.169. The highest BCUT2D eigenvalue weighted by Gasteiger charge is 2.27. The van der Waals surface area contributed by atoms with Gasteiger partial charge in [0.05, 0.1) is 15.7 Å². The van der Waals surface area contributed by atoms with E-state index in [9.17, 15) is 17.4 Å². The van der Waals surface area contributed by atoms with Gasteiger partial charge < -0.3 is 10.5 Å².